The Morgan fingerprint density at radius 3 is 2.59 bits per heavy atom. The van der Waals surface area contributed by atoms with Crippen LogP contribution in [-0.4, -0.2) is 28.7 Å². The van der Waals surface area contributed by atoms with E-state index in [0.29, 0.717) is 42.2 Å². The molecule has 0 aliphatic carbocycles. The van der Waals surface area contributed by atoms with Crippen LogP contribution in [0, 0.1) is 19.7 Å². The number of fused-ring (bicyclic) bond motifs is 1. The van der Waals surface area contributed by atoms with Gasteiger partial charge in [0.2, 0.25) is 5.91 Å². The van der Waals surface area contributed by atoms with E-state index in [1.165, 1.54) is 0 Å². The first kappa shape index (κ1) is 25.0. The Balaban J connectivity index is 1.61. The van der Waals surface area contributed by atoms with E-state index in [1.54, 1.807) is 0 Å². The molecule has 7 heteroatoms. The van der Waals surface area contributed by atoms with E-state index in [9.17, 15) is 4.79 Å². The number of aryl methyl sites for hydroxylation is 1. The number of anilines is 1. The van der Waals surface area contributed by atoms with Crippen molar-refractivity contribution in [1.29, 1.82) is 0 Å². The van der Waals surface area contributed by atoms with Gasteiger partial charge in [0.25, 0.3) is 0 Å². The molecule has 3 aromatic carbocycles. The van der Waals surface area contributed by atoms with Crippen molar-refractivity contribution in [3.05, 3.63) is 77.1 Å². The smallest absolute Gasteiger partial charge is 0.224 e. The number of ether oxygens (including phenoxy) is 2. The van der Waals surface area contributed by atoms with E-state index >= 15 is 4.39 Å². The van der Waals surface area contributed by atoms with Gasteiger partial charge in [-0.3, -0.25) is 4.79 Å². The maximum absolute atomic E-state index is 16.2. The minimum Gasteiger partial charge on any atom is -0.486 e. The number of nitrogens with zero attached hydrogens (tertiary/aromatic N) is 2. The third kappa shape index (κ3) is 4.71. The van der Waals surface area contributed by atoms with Crippen molar-refractivity contribution in [2.75, 3.05) is 18.5 Å². The molecule has 1 aliphatic rings. The lowest BCUT2D eigenvalue weighted by Crippen LogP contribution is -2.49. The molecule has 0 unspecified atom stereocenters. The van der Waals surface area contributed by atoms with Gasteiger partial charge in [0.05, 0.1) is 35.3 Å². The summed E-state index contributed by atoms with van der Waals surface area (Å²) in [6, 6.07) is 17.2. The van der Waals surface area contributed by atoms with E-state index < -0.39 is 5.82 Å². The van der Waals surface area contributed by atoms with Crippen molar-refractivity contribution in [3.63, 3.8) is 0 Å². The summed E-state index contributed by atoms with van der Waals surface area (Å²) in [6.07, 6.45) is 1.22. The average molecular weight is 502 g/mol. The van der Waals surface area contributed by atoms with Gasteiger partial charge in [0.15, 0.2) is 11.6 Å². The van der Waals surface area contributed by atoms with Crippen LogP contribution >= 0.6 is 0 Å². The van der Waals surface area contributed by atoms with Crippen molar-refractivity contribution in [2.24, 2.45) is 0 Å². The predicted molar refractivity (Wildman–Crippen MR) is 143 cm³/mol. The Morgan fingerprint density at radius 2 is 1.92 bits per heavy atom. The lowest BCUT2D eigenvalue weighted by molar-refractivity contribution is -0.116. The molecule has 1 aromatic heterocycles. The zero-order valence-electron chi connectivity index (χ0n) is 21.7. The second-order valence-corrected chi connectivity index (χ2v) is 10.0. The summed E-state index contributed by atoms with van der Waals surface area (Å²) in [6.45, 7) is 9.16. The average Bonchev–Trinajstić information content (AvgIpc) is 3.24. The first-order valence-corrected chi connectivity index (χ1v) is 12.7. The highest BCUT2D eigenvalue weighted by Crippen LogP contribution is 2.40. The number of carbonyl (C=O) groups excluding carboxylic acids is 1. The lowest BCUT2D eigenvalue weighted by atomic mass is 9.97. The van der Waals surface area contributed by atoms with E-state index in [2.05, 4.69) is 16.8 Å². The molecular weight excluding hydrogens is 469 g/mol. The van der Waals surface area contributed by atoms with Gasteiger partial charge in [0.1, 0.15) is 12.4 Å². The molecule has 192 valence electrons. The summed E-state index contributed by atoms with van der Waals surface area (Å²) in [4.78, 5) is 17.1. The second-order valence-electron chi connectivity index (χ2n) is 10.0. The van der Waals surface area contributed by atoms with Crippen molar-refractivity contribution in [1.82, 2.24) is 9.55 Å². The number of hydrogen-bond acceptors (Lipinski definition) is 4. The summed E-state index contributed by atoms with van der Waals surface area (Å²) in [5.74, 6) is 0.278. The topological polar surface area (TPSA) is 65.4 Å². The maximum Gasteiger partial charge on any atom is 0.224 e. The molecular formula is C30H32FN3O3. The predicted octanol–water partition coefficient (Wildman–Crippen LogP) is 6.52. The maximum atomic E-state index is 16.2. The Morgan fingerprint density at radius 1 is 1.16 bits per heavy atom. The van der Waals surface area contributed by atoms with Crippen LogP contribution in [-0.2, 0) is 21.7 Å². The number of imidazole rings is 1. The van der Waals surface area contributed by atoms with Crippen molar-refractivity contribution < 1.29 is 18.7 Å². The third-order valence-corrected chi connectivity index (χ3v) is 6.98. The number of benzene rings is 3. The molecule has 1 aliphatic heterocycles. The number of halogens is 1. The Kier molecular flexibility index (Phi) is 6.73. The summed E-state index contributed by atoms with van der Waals surface area (Å²) < 4.78 is 29.9. The number of carbonyl (C=O) groups is 1. The van der Waals surface area contributed by atoms with Gasteiger partial charge >= 0.3 is 0 Å². The van der Waals surface area contributed by atoms with Crippen LogP contribution in [0.25, 0.3) is 22.4 Å². The van der Waals surface area contributed by atoms with Crippen LogP contribution in [0.3, 0.4) is 0 Å². The summed E-state index contributed by atoms with van der Waals surface area (Å²) in [5.41, 5.74) is 4.87. The molecule has 1 N–H and O–H groups in total. The molecule has 37 heavy (non-hydrogen) atoms. The van der Waals surface area contributed by atoms with Crippen LogP contribution in [0.5, 0.6) is 5.75 Å². The van der Waals surface area contributed by atoms with Gasteiger partial charge < -0.3 is 19.4 Å². The first-order chi connectivity index (χ1) is 17.8. The molecule has 6 nitrogen and oxygen atoms in total. The molecule has 0 saturated carbocycles. The summed E-state index contributed by atoms with van der Waals surface area (Å²) >= 11 is 0. The lowest BCUT2D eigenvalue weighted by Gasteiger charge is -2.41. The number of hydrogen-bond donors (Lipinski definition) is 1. The van der Waals surface area contributed by atoms with Crippen molar-refractivity contribution in [3.8, 4) is 17.1 Å². The zero-order chi connectivity index (χ0) is 26.2. The fourth-order valence-corrected chi connectivity index (χ4v) is 4.78. The van der Waals surface area contributed by atoms with Crippen molar-refractivity contribution in [2.45, 2.75) is 52.7 Å². The highest BCUT2D eigenvalue weighted by atomic mass is 19.1. The molecule has 0 radical (unpaired) electrons. The highest BCUT2D eigenvalue weighted by Gasteiger charge is 2.39. The number of rotatable bonds is 8. The SMILES string of the molecule is CCCC(=O)Nc1ccc2c(c1)nc(-c1cc(C)c(C)c(OCc3ccccc3)c1F)n2C1(C)COC1. The molecule has 0 bridgehead atoms. The van der Waals surface area contributed by atoms with E-state index in [-0.39, 0.29) is 23.8 Å². The second kappa shape index (κ2) is 9.98. The normalized spacial score (nSPS) is 14.4. The van der Waals surface area contributed by atoms with E-state index in [1.807, 2.05) is 75.4 Å². The minimum atomic E-state index is -0.434. The molecule has 2 heterocycles. The number of nitrogens with one attached hydrogen (secondary N) is 1. The highest BCUT2D eigenvalue weighted by molar-refractivity contribution is 5.93. The molecule has 4 aromatic rings. The number of aromatic nitrogens is 2. The first-order valence-electron chi connectivity index (χ1n) is 12.7. The van der Waals surface area contributed by atoms with Gasteiger partial charge in [0, 0.05) is 12.1 Å². The van der Waals surface area contributed by atoms with Crippen LogP contribution in [0.4, 0.5) is 10.1 Å². The van der Waals surface area contributed by atoms with Crippen LogP contribution < -0.4 is 10.1 Å². The van der Waals surface area contributed by atoms with Crippen LogP contribution in [0.2, 0.25) is 0 Å². The Labute approximate surface area is 216 Å². The van der Waals surface area contributed by atoms with E-state index in [4.69, 9.17) is 14.5 Å². The van der Waals surface area contributed by atoms with Crippen LogP contribution in [0.1, 0.15) is 43.4 Å². The standard InChI is InChI=1S/C30H32FN3O3/c1-5-9-26(35)32-22-12-13-25-24(15-22)33-29(34(25)30(4)17-36-18-30)23-14-19(2)20(3)28(27(23)31)37-16-21-10-7-6-8-11-21/h6-8,10-15H,5,9,16-18H2,1-4H3,(H,32,35). The quantitative estimate of drug-likeness (QED) is 0.298. The number of amides is 1. The van der Waals surface area contributed by atoms with Crippen molar-refractivity contribution >= 4 is 22.6 Å². The third-order valence-electron chi connectivity index (χ3n) is 6.98. The monoisotopic (exact) mass is 501 g/mol. The fourth-order valence-electron chi connectivity index (χ4n) is 4.78. The van der Waals surface area contributed by atoms with Gasteiger partial charge in [-0.1, -0.05) is 37.3 Å². The fraction of sp³-hybridized carbons (Fsp3) is 0.333. The minimum absolute atomic E-state index is 0.0405. The van der Waals surface area contributed by atoms with Gasteiger partial charge in [-0.2, -0.15) is 0 Å². The molecule has 0 atom stereocenters. The molecule has 1 amide bonds. The summed E-state index contributed by atoms with van der Waals surface area (Å²) in [7, 11) is 0. The van der Waals surface area contributed by atoms with Gasteiger partial charge in [-0.15, -0.1) is 0 Å². The van der Waals surface area contributed by atoms with Crippen LogP contribution in [0.15, 0.2) is 54.6 Å². The zero-order valence-corrected chi connectivity index (χ0v) is 21.7. The van der Waals surface area contributed by atoms with Gasteiger partial charge in [-0.05, 0) is 68.1 Å². The Hall–Kier alpha value is -3.71. The Bertz CT molecular complexity index is 1460. The molecule has 0 spiro atoms. The molecule has 1 fully saturated rings. The summed E-state index contributed by atoms with van der Waals surface area (Å²) in [5, 5.41) is 2.93. The molecule has 1 saturated heterocycles. The van der Waals surface area contributed by atoms with E-state index in [0.717, 1.165) is 28.6 Å². The van der Waals surface area contributed by atoms with Gasteiger partial charge in [-0.25, -0.2) is 9.37 Å². The molecule has 5 rings (SSSR count). The largest absolute Gasteiger partial charge is 0.486 e.